The Bertz CT molecular complexity index is 444. The van der Waals surface area contributed by atoms with E-state index in [2.05, 4.69) is 5.32 Å². The summed E-state index contributed by atoms with van der Waals surface area (Å²) >= 11 is 0. The van der Waals surface area contributed by atoms with Gasteiger partial charge in [0.2, 0.25) is 5.91 Å². The van der Waals surface area contributed by atoms with Crippen LogP contribution in [0.4, 0.5) is 8.78 Å². The van der Waals surface area contributed by atoms with Crippen LogP contribution >= 0.6 is 0 Å². The molecule has 1 heterocycles. The molecule has 5 heteroatoms. The largest absolute Gasteiger partial charge is 0.341 e. The van der Waals surface area contributed by atoms with Crippen molar-refractivity contribution in [1.82, 2.24) is 10.2 Å². The van der Waals surface area contributed by atoms with Gasteiger partial charge in [0, 0.05) is 18.7 Å². The molecule has 1 aromatic carbocycles. The Morgan fingerprint density at radius 2 is 1.90 bits per heavy atom. The van der Waals surface area contributed by atoms with Crippen LogP contribution in [-0.2, 0) is 10.7 Å². The van der Waals surface area contributed by atoms with Gasteiger partial charge in [-0.15, -0.1) is 0 Å². The SMILES string of the molecule is CC(NCC(F)(F)c1ccccc1)C(=O)N1CCCC1. The number of amides is 1. The number of halogens is 2. The zero-order valence-electron chi connectivity index (χ0n) is 11.6. The zero-order chi connectivity index (χ0) is 14.6. The first kappa shape index (κ1) is 14.9. The van der Waals surface area contributed by atoms with Crippen molar-refractivity contribution in [2.45, 2.75) is 31.7 Å². The molecule has 0 bridgehead atoms. The number of likely N-dealkylation sites (tertiary alicyclic amines) is 1. The lowest BCUT2D eigenvalue weighted by molar-refractivity contribution is -0.132. The minimum absolute atomic E-state index is 0.0340. The molecule has 1 unspecified atom stereocenters. The van der Waals surface area contributed by atoms with Gasteiger partial charge in [0.15, 0.2) is 0 Å². The van der Waals surface area contributed by atoms with Gasteiger partial charge in [0.1, 0.15) is 0 Å². The number of rotatable bonds is 5. The number of nitrogens with one attached hydrogen (secondary N) is 1. The van der Waals surface area contributed by atoms with Crippen LogP contribution in [0.3, 0.4) is 0 Å². The molecule has 1 aromatic rings. The van der Waals surface area contributed by atoms with Crippen molar-refractivity contribution >= 4 is 5.91 Å². The molecule has 110 valence electrons. The van der Waals surface area contributed by atoms with E-state index in [1.165, 1.54) is 12.1 Å². The molecule has 1 N–H and O–H groups in total. The van der Waals surface area contributed by atoms with E-state index in [4.69, 9.17) is 0 Å². The van der Waals surface area contributed by atoms with Crippen molar-refractivity contribution < 1.29 is 13.6 Å². The monoisotopic (exact) mass is 282 g/mol. The van der Waals surface area contributed by atoms with Gasteiger partial charge in [-0.3, -0.25) is 4.79 Å². The highest BCUT2D eigenvalue weighted by atomic mass is 19.3. The highest BCUT2D eigenvalue weighted by Gasteiger charge is 2.33. The Balaban J connectivity index is 1.89. The number of nitrogens with zero attached hydrogens (tertiary/aromatic N) is 1. The summed E-state index contributed by atoms with van der Waals surface area (Å²) in [5, 5.41) is 2.66. The highest BCUT2D eigenvalue weighted by Crippen LogP contribution is 2.26. The van der Waals surface area contributed by atoms with Gasteiger partial charge in [-0.1, -0.05) is 30.3 Å². The summed E-state index contributed by atoms with van der Waals surface area (Å²) in [4.78, 5) is 13.8. The van der Waals surface area contributed by atoms with Gasteiger partial charge in [-0.25, -0.2) is 0 Å². The summed E-state index contributed by atoms with van der Waals surface area (Å²) in [6.45, 7) is 2.58. The topological polar surface area (TPSA) is 32.3 Å². The molecular formula is C15H20F2N2O. The third kappa shape index (κ3) is 3.54. The van der Waals surface area contributed by atoms with Crippen molar-refractivity contribution in [2.24, 2.45) is 0 Å². The molecule has 20 heavy (non-hydrogen) atoms. The molecular weight excluding hydrogens is 262 g/mol. The number of hydrogen-bond acceptors (Lipinski definition) is 2. The lowest BCUT2D eigenvalue weighted by Gasteiger charge is -2.24. The molecule has 0 spiro atoms. The fourth-order valence-corrected chi connectivity index (χ4v) is 2.36. The van der Waals surface area contributed by atoms with E-state index >= 15 is 0 Å². The lowest BCUT2D eigenvalue weighted by atomic mass is 10.1. The molecule has 2 rings (SSSR count). The predicted octanol–water partition coefficient (Wildman–Crippen LogP) is 2.38. The summed E-state index contributed by atoms with van der Waals surface area (Å²) in [6, 6.07) is 7.09. The lowest BCUT2D eigenvalue weighted by Crippen LogP contribution is -2.46. The number of alkyl halides is 2. The molecule has 1 aliphatic heterocycles. The minimum Gasteiger partial charge on any atom is -0.341 e. The average molecular weight is 282 g/mol. The quantitative estimate of drug-likeness (QED) is 0.899. The predicted molar refractivity (Wildman–Crippen MR) is 73.6 cm³/mol. The van der Waals surface area contributed by atoms with Crippen LogP contribution in [0.2, 0.25) is 0 Å². The standard InChI is InChI=1S/C15H20F2N2O/c1-12(14(20)19-9-5-6-10-19)18-11-15(16,17)13-7-3-2-4-8-13/h2-4,7-8,12,18H,5-6,9-11H2,1H3. The average Bonchev–Trinajstić information content (AvgIpc) is 2.99. The maximum atomic E-state index is 14.0. The Hall–Kier alpha value is -1.49. The molecule has 0 saturated carbocycles. The molecule has 3 nitrogen and oxygen atoms in total. The fraction of sp³-hybridized carbons (Fsp3) is 0.533. The van der Waals surface area contributed by atoms with Gasteiger partial charge < -0.3 is 10.2 Å². The minimum atomic E-state index is -2.97. The van der Waals surface area contributed by atoms with Crippen molar-refractivity contribution in [2.75, 3.05) is 19.6 Å². The summed E-state index contributed by atoms with van der Waals surface area (Å²) in [6.07, 6.45) is 2.00. The summed E-state index contributed by atoms with van der Waals surface area (Å²) in [5.74, 6) is -3.06. The summed E-state index contributed by atoms with van der Waals surface area (Å²) < 4.78 is 27.9. The number of hydrogen-bond donors (Lipinski definition) is 1. The highest BCUT2D eigenvalue weighted by molar-refractivity contribution is 5.81. The van der Waals surface area contributed by atoms with E-state index in [1.54, 1.807) is 30.0 Å². The first-order valence-corrected chi connectivity index (χ1v) is 6.96. The van der Waals surface area contributed by atoms with Gasteiger partial charge >= 0.3 is 0 Å². The van der Waals surface area contributed by atoms with Gasteiger partial charge in [0.25, 0.3) is 5.92 Å². The first-order valence-electron chi connectivity index (χ1n) is 6.96. The Labute approximate surface area is 118 Å². The van der Waals surface area contributed by atoms with Crippen molar-refractivity contribution in [3.63, 3.8) is 0 Å². The van der Waals surface area contributed by atoms with Crippen LogP contribution in [0, 0.1) is 0 Å². The second kappa shape index (κ2) is 6.31. The Morgan fingerprint density at radius 3 is 2.50 bits per heavy atom. The first-order chi connectivity index (χ1) is 9.50. The van der Waals surface area contributed by atoms with Crippen LogP contribution in [0.5, 0.6) is 0 Å². The van der Waals surface area contributed by atoms with Crippen molar-refractivity contribution in [3.8, 4) is 0 Å². The molecule has 0 radical (unpaired) electrons. The Morgan fingerprint density at radius 1 is 1.30 bits per heavy atom. The van der Waals surface area contributed by atoms with E-state index in [0.29, 0.717) is 0 Å². The van der Waals surface area contributed by atoms with E-state index in [0.717, 1.165) is 25.9 Å². The molecule has 0 aliphatic carbocycles. The maximum Gasteiger partial charge on any atom is 0.285 e. The second-order valence-electron chi connectivity index (χ2n) is 5.21. The van der Waals surface area contributed by atoms with Crippen molar-refractivity contribution in [3.05, 3.63) is 35.9 Å². The molecule has 0 aromatic heterocycles. The summed E-state index contributed by atoms with van der Waals surface area (Å²) in [7, 11) is 0. The van der Waals surface area contributed by atoms with Gasteiger partial charge in [-0.2, -0.15) is 8.78 Å². The summed E-state index contributed by atoms with van der Waals surface area (Å²) in [5.41, 5.74) is -0.0340. The fourth-order valence-electron chi connectivity index (χ4n) is 2.36. The number of carbonyl (C=O) groups excluding carboxylic acids is 1. The third-order valence-corrected chi connectivity index (χ3v) is 3.61. The van der Waals surface area contributed by atoms with Crippen molar-refractivity contribution in [1.29, 1.82) is 0 Å². The van der Waals surface area contributed by atoms with Crippen LogP contribution in [0.25, 0.3) is 0 Å². The van der Waals surface area contributed by atoms with E-state index < -0.39 is 18.5 Å². The van der Waals surface area contributed by atoms with E-state index in [-0.39, 0.29) is 11.5 Å². The Kier molecular flexibility index (Phi) is 4.70. The van der Waals surface area contributed by atoms with Gasteiger partial charge in [0.05, 0.1) is 12.6 Å². The van der Waals surface area contributed by atoms with Crippen LogP contribution in [0.15, 0.2) is 30.3 Å². The molecule has 1 saturated heterocycles. The number of benzene rings is 1. The molecule has 1 fully saturated rings. The third-order valence-electron chi connectivity index (χ3n) is 3.61. The van der Waals surface area contributed by atoms with Crippen LogP contribution < -0.4 is 5.32 Å². The zero-order valence-corrected chi connectivity index (χ0v) is 11.6. The normalized spacial score (nSPS) is 17.2. The number of carbonyl (C=O) groups is 1. The smallest absolute Gasteiger partial charge is 0.285 e. The van der Waals surface area contributed by atoms with Crippen LogP contribution in [0.1, 0.15) is 25.3 Å². The molecule has 1 amide bonds. The second-order valence-corrected chi connectivity index (χ2v) is 5.21. The van der Waals surface area contributed by atoms with Gasteiger partial charge in [-0.05, 0) is 19.8 Å². The van der Waals surface area contributed by atoms with E-state index in [9.17, 15) is 13.6 Å². The maximum absolute atomic E-state index is 14.0. The van der Waals surface area contributed by atoms with Crippen LogP contribution in [-0.4, -0.2) is 36.5 Å². The van der Waals surface area contributed by atoms with E-state index in [1.807, 2.05) is 0 Å². The molecule has 1 aliphatic rings. The molecule has 1 atom stereocenters.